The average Bonchev–Trinajstić information content (AvgIpc) is 2.83. The molecule has 4 rings (SSSR count). The third-order valence-electron chi connectivity index (χ3n) is 5.71. The van der Waals surface area contributed by atoms with Crippen LogP contribution in [-0.4, -0.2) is 14.2 Å². The average molecular weight is 431 g/mol. The molecule has 0 saturated carbocycles. The summed E-state index contributed by atoms with van der Waals surface area (Å²) in [4.78, 5) is 25.5. The molecule has 156 valence electrons. The van der Waals surface area contributed by atoms with Gasteiger partial charge in [-0.3, -0.25) is 13.9 Å². The largest absolute Gasteiger partial charge is 0.494 e. The monoisotopic (exact) mass is 431 g/mol. The van der Waals surface area contributed by atoms with Gasteiger partial charge in [0.1, 0.15) is 34.9 Å². The van der Waals surface area contributed by atoms with Crippen molar-refractivity contribution < 1.29 is 5.11 Å². The standard InChI is InChI=1S/C25H23N2O3P/c1-26-23(28)22(24(29)27(2)25(26)30)18-31(19-12-6-3-7-13-19,20-14-8-4-9-15-20)21-16-10-5-11-17-21/h3-17H,18H2,1-2H3/p+1. The molecule has 4 aromatic rings. The zero-order valence-corrected chi connectivity index (χ0v) is 18.4. The van der Waals surface area contributed by atoms with Gasteiger partial charge in [-0.15, -0.1) is 0 Å². The summed E-state index contributed by atoms with van der Waals surface area (Å²) >= 11 is 0. The van der Waals surface area contributed by atoms with Crippen molar-refractivity contribution in [2.24, 2.45) is 14.1 Å². The maximum Gasteiger partial charge on any atom is 0.333 e. The van der Waals surface area contributed by atoms with Crippen LogP contribution in [0.4, 0.5) is 0 Å². The third kappa shape index (κ3) is 3.51. The van der Waals surface area contributed by atoms with Crippen LogP contribution < -0.4 is 27.2 Å². The van der Waals surface area contributed by atoms with Gasteiger partial charge in [0.2, 0.25) is 5.88 Å². The number of benzene rings is 3. The molecule has 0 radical (unpaired) electrons. The summed E-state index contributed by atoms with van der Waals surface area (Å²) in [5.41, 5.74) is -0.767. The normalized spacial score (nSPS) is 11.4. The number of hydrogen-bond donors (Lipinski definition) is 1. The van der Waals surface area contributed by atoms with E-state index in [9.17, 15) is 14.7 Å². The molecule has 0 atom stereocenters. The first kappa shape index (κ1) is 20.8. The SMILES string of the molecule is Cn1c(O)c(C[P+](c2ccccc2)(c2ccccc2)c2ccccc2)c(=O)n(C)c1=O. The lowest BCUT2D eigenvalue weighted by Gasteiger charge is -2.28. The highest BCUT2D eigenvalue weighted by molar-refractivity contribution is 7.95. The quantitative estimate of drug-likeness (QED) is 0.493. The molecule has 1 N–H and O–H groups in total. The predicted octanol–water partition coefficient (Wildman–Crippen LogP) is 2.28. The Morgan fingerprint density at radius 1 is 0.677 bits per heavy atom. The molecule has 31 heavy (non-hydrogen) atoms. The minimum Gasteiger partial charge on any atom is -0.494 e. The second-order valence-electron chi connectivity index (χ2n) is 7.48. The summed E-state index contributed by atoms with van der Waals surface area (Å²) in [6.07, 6.45) is 0.303. The van der Waals surface area contributed by atoms with Gasteiger partial charge in [-0.1, -0.05) is 54.6 Å². The van der Waals surface area contributed by atoms with Crippen molar-refractivity contribution in [2.75, 3.05) is 0 Å². The zero-order chi connectivity index (χ0) is 22.0. The first-order valence-corrected chi connectivity index (χ1v) is 12.0. The Balaban J connectivity index is 2.10. The summed E-state index contributed by atoms with van der Waals surface area (Å²) in [6.45, 7) is 0. The van der Waals surface area contributed by atoms with E-state index >= 15 is 0 Å². The van der Waals surface area contributed by atoms with Gasteiger partial charge >= 0.3 is 5.69 Å². The van der Waals surface area contributed by atoms with E-state index in [1.807, 2.05) is 54.6 Å². The summed E-state index contributed by atoms with van der Waals surface area (Å²) < 4.78 is 2.19. The van der Waals surface area contributed by atoms with Gasteiger partial charge in [0.15, 0.2) is 0 Å². The molecule has 5 nitrogen and oxygen atoms in total. The van der Waals surface area contributed by atoms with Gasteiger partial charge < -0.3 is 5.11 Å². The van der Waals surface area contributed by atoms with Crippen LogP contribution in [0.3, 0.4) is 0 Å². The maximum absolute atomic E-state index is 13.1. The molecule has 1 aromatic heterocycles. The lowest BCUT2D eigenvalue weighted by molar-refractivity contribution is 0.405. The smallest absolute Gasteiger partial charge is 0.333 e. The van der Waals surface area contributed by atoms with Crippen molar-refractivity contribution in [3.63, 3.8) is 0 Å². The molecule has 0 spiro atoms. The number of aromatic hydroxyl groups is 1. The van der Waals surface area contributed by atoms with Crippen LogP contribution >= 0.6 is 7.26 Å². The lowest BCUT2D eigenvalue weighted by atomic mass is 10.3. The fourth-order valence-corrected chi connectivity index (χ4v) is 8.28. The first-order chi connectivity index (χ1) is 15.0. The highest BCUT2D eigenvalue weighted by Gasteiger charge is 2.47. The van der Waals surface area contributed by atoms with Crippen molar-refractivity contribution in [1.82, 2.24) is 9.13 Å². The van der Waals surface area contributed by atoms with Crippen molar-refractivity contribution in [2.45, 2.75) is 6.16 Å². The highest BCUT2D eigenvalue weighted by Crippen LogP contribution is 2.58. The molecule has 0 amide bonds. The van der Waals surface area contributed by atoms with Crippen LogP contribution in [0, 0.1) is 0 Å². The van der Waals surface area contributed by atoms with Crippen LogP contribution in [0.1, 0.15) is 5.56 Å². The topological polar surface area (TPSA) is 64.2 Å². The molecule has 6 heteroatoms. The second kappa shape index (κ2) is 8.37. The Morgan fingerprint density at radius 3 is 1.45 bits per heavy atom. The molecule has 0 aliphatic rings. The Kier molecular flexibility index (Phi) is 5.62. The van der Waals surface area contributed by atoms with E-state index in [2.05, 4.69) is 36.4 Å². The van der Waals surface area contributed by atoms with Crippen LogP contribution in [-0.2, 0) is 20.3 Å². The Morgan fingerprint density at radius 2 is 1.06 bits per heavy atom. The van der Waals surface area contributed by atoms with Gasteiger partial charge in [0.05, 0.1) is 0 Å². The molecule has 0 bridgehead atoms. The van der Waals surface area contributed by atoms with Crippen LogP contribution in [0.2, 0.25) is 0 Å². The molecular formula is C25H24N2O3P+. The Labute approximate surface area is 181 Å². The van der Waals surface area contributed by atoms with Crippen LogP contribution in [0.5, 0.6) is 5.88 Å². The molecule has 0 aliphatic heterocycles. The van der Waals surface area contributed by atoms with Gasteiger partial charge in [-0.25, -0.2) is 4.79 Å². The summed E-state index contributed by atoms with van der Waals surface area (Å²) in [7, 11) is 0.554. The number of nitrogens with zero attached hydrogens (tertiary/aromatic N) is 2. The molecule has 0 saturated heterocycles. The number of aromatic nitrogens is 2. The van der Waals surface area contributed by atoms with Gasteiger partial charge in [-0.2, -0.15) is 0 Å². The summed E-state index contributed by atoms with van der Waals surface area (Å²) in [5, 5.41) is 14.2. The lowest BCUT2D eigenvalue weighted by Crippen LogP contribution is -2.40. The van der Waals surface area contributed by atoms with Crippen LogP contribution in [0.15, 0.2) is 101 Å². The van der Waals surface area contributed by atoms with Crippen LogP contribution in [0.25, 0.3) is 0 Å². The molecule has 0 aliphatic carbocycles. The number of rotatable bonds is 5. The zero-order valence-electron chi connectivity index (χ0n) is 17.5. The maximum atomic E-state index is 13.1. The minimum absolute atomic E-state index is 0.245. The van der Waals surface area contributed by atoms with E-state index in [1.165, 1.54) is 14.1 Å². The first-order valence-electron chi connectivity index (χ1n) is 9.99. The molecule has 0 fully saturated rings. The molecule has 3 aromatic carbocycles. The minimum atomic E-state index is -2.37. The second-order valence-corrected chi connectivity index (χ2v) is 11.0. The van der Waals surface area contributed by atoms with Crippen molar-refractivity contribution in [3.8, 4) is 5.88 Å². The molecular weight excluding hydrogens is 407 g/mol. The number of hydrogen-bond acceptors (Lipinski definition) is 3. The van der Waals surface area contributed by atoms with Gasteiger partial charge in [-0.05, 0) is 36.4 Å². The van der Waals surface area contributed by atoms with E-state index in [0.717, 1.165) is 25.0 Å². The Hall–Kier alpha value is -3.43. The predicted molar refractivity (Wildman–Crippen MR) is 127 cm³/mol. The van der Waals surface area contributed by atoms with Gasteiger partial charge in [0, 0.05) is 14.1 Å². The van der Waals surface area contributed by atoms with E-state index < -0.39 is 18.5 Å². The summed E-state index contributed by atoms with van der Waals surface area (Å²) in [5.74, 6) is -0.278. The fourth-order valence-electron chi connectivity index (χ4n) is 4.05. The molecule has 0 unspecified atom stereocenters. The van der Waals surface area contributed by atoms with Crippen molar-refractivity contribution >= 4 is 23.2 Å². The molecule has 1 heterocycles. The fraction of sp³-hybridized carbons (Fsp3) is 0.120. The third-order valence-corrected chi connectivity index (χ3v) is 10.0. The van der Waals surface area contributed by atoms with E-state index in [4.69, 9.17) is 0 Å². The van der Waals surface area contributed by atoms with E-state index in [0.29, 0.717) is 6.16 Å². The van der Waals surface area contributed by atoms with Crippen molar-refractivity contribution in [1.29, 1.82) is 0 Å². The Bertz CT molecular complexity index is 1220. The van der Waals surface area contributed by atoms with E-state index in [-0.39, 0.29) is 11.4 Å². The summed E-state index contributed by atoms with van der Waals surface area (Å²) in [6, 6.07) is 30.4. The highest BCUT2D eigenvalue weighted by atomic mass is 31.2. The van der Waals surface area contributed by atoms with Crippen molar-refractivity contribution in [3.05, 3.63) is 117 Å². The van der Waals surface area contributed by atoms with Gasteiger partial charge in [0.25, 0.3) is 5.56 Å². The van der Waals surface area contributed by atoms with E-state index in [1.54, 1.807) is 0 Å².